The second-order valence-corrected chi connectivity index (χ2v) is 8.35. The van der Waals surface area contributed by atoms with E-state index < -0.39 is 4.92 Å². The molecule has 0 spiro atoms. The first-order valence-electron chi connectivity index (χ1n) is 10.7. The van der Waals surface area contributed by atoms with Crippen LogP contribution in [0.15, 0.2) is 48.5 Å². The van der Waals surface area contributed by atoms with Gasteiger partial charge in [0.25, 0.3) is 11.6 Å². The lowest BCUT2D eigenvalue weighted by molar-refractivity contribution is -0.384. The zero-order chi connectivity index (χ0) is 20.9. The van der Waals surface area contributed by atoms with E-state index in [0.29, 0.717) is 29.8 Å². The number of anilines is 1. The fraction of sp³-hybridized carbons (Fsp3) is 0.435. The van der Waals surface area contributed by atoms with Crippen molar-refractivity contribution in [2.75, 3.05) is 25.0 Å². The van der Waals surface area contributed by atoms with Crippen molar-refractivity contribution in [2.24, 2.45) is 5.92 Å². The number of carbonyl (C=O) groups is 1. The minimum atomic E-state index is -0.427. The SMILES string of the molecule is O=C(NCC1CCCN(Cc2ccccc2)C1)c1ccc(NC2CC2)c([N+](=O)[O-])c1. The van der Waals surface area contributed by atoms with Gasteiger partial charge in [-0.3, -0.25) is 19.8 Å². The van der Waals surface area contributed by atoms with Crippen LogP contribution < -0.4 is 10.6 Å². The standard InChI is InChI=1S/C23H28N4O3/c28-23(19-8-11-21(25-20-9-10-20)22(13-19)27(29)30)24-14-18-7-4-12-26(16-18)15-17-5-2-1-3-6-17/h1-3,5-6,8,11,13,18,20,25H,4,7,9-10,12,14-16H2,(H,24,28). The second-order valence-electron chi connectivity index (χ2n) is 8.35. The van der Waals surface area contributed by atoms with Crippen LogP contribution in [-0.2, 0) is 6.54 Å². The third-order valence-corrected chi connectivity index (χ3v) is 5.80. The topological polar surface area (TPSA) is 87.5 Å². The number of nitrogens with zero attached hydrogens (tertiary/aromatic N) is 2. The fourth-order valence-electron chi connectivity index (χ4n) is 4.04. The molecule has 158 valence electrons. The minimum Gasteiger partial charge on any atom is -0.377 e. The van der Waals surface area contributed by atoms with E-state index in [0.717, 1.165) is 45.3 Å². The van der Waals surface area contributed by atoms with E-state index in [4.69, 9.17) is 0 Å². The van der Waals surface area contributed by atoms with E-state index >= 15 is 0 Å². The van der Waals surface area contributed by atoms with Gasteiger partial charge in [0, 0.05) is 37.3 Å². The van der Waals surface area contributed by atoms with Gasteiger partial charge in [-0.1, -0.05) is 30.3 Å². The molecular formula is C23H28N4O3. The van der Waals surface area contributed by atoms with Crippen LogP contribution in [0.1, 0.15) is 41.6 Å². The molecule has 4 rings (SSSR count). The summed E-state index contributed by atoms with van der Waals surface area (Å²) in [5.74, 6) is 0.133. The molecule has 1 unspecified atom stereocenters. The normalized spacial score (nSPS) is 19.3. The maximum Gasteiger partial charge on any atom is 0.293 e. The molecule has 2 aromatic rings. The van der Waals surface area contributed by atoms with Crippen LogP contribution in [0, 0.1) is 16.0 Å². The summed E-state index contributed by atoms with van der Waals surface area (Å²) in [4.78, 5) is 26.0. The van der Waals surface area contributed by atoms with Crippen LogP contribution in [0.3, 0.4) is 0 Å². The first-order valence-corrected chi connectivity index (χ1v) is 10.7. The molecular weight excluding hydrogens is 380 g/mol. The molecule has 1 saturated carbocycles. The monoisotopic (exact) mass is 408 g/mol. The predicted octanol–water partition coefficient (Wildman–Crippen LogP) is 3.81. The van der Waals surface area contributed by atoms with Gasteiger partial charge < -0.3 is 10.6 Å². The van der Waals surface area contributed by atoms with Crippen molar-refractivity contribution in [3.05, 3.63) is 69.8 Å². The molecule has 1 aliphatic heterocycles. The molecule has 2 fully saturated rings. The number of hydrogen-bond donors (Lipinski definition) is 2. The third-order valence-electron chi connectivity index (χ3n) is 5.80. The van der Waals surface area contributed by atoms with Gasteiger partial charge in [-0.2, -0.15) is 0 Å². The molecule has 7 nitrogen and oxygen atoms in total. The molecule has 1 atom stereocenters. The van der Waals surface area contributed by atoms with Gasteiger partial charge in [0.15, 0.2) is 0 Å². The Kier molecular flexibility index (Phi) is 6.28. The number of carbonyl (C=O) groups excluding carboxylic acids is 1. The van der Waals surface area contributed by atoms with Crippen LogP contribution in [0.2, 0.25) is 0 Å². The summed E-state index contributed by atoms with van der Waals surface area (Å²) in [5.41, 5.74) is 2.08. The van der Waals surface area contributed by atoms with Gasteiger partial charge in [0.05, 0.1) is 4.92 Å². The summed E-state index contributed by atoms with van der Waals surface area (Å²) in [5, 5.41) is 17.6. The largest absolute Gasteiger partial charge is 0.377 e. The van der Waals surface area contributed by atoms with Crippen molar-refractivity contribution >= 4 is 17.3 Å². The highest BCUT2D eigenvalue weighted by molar-refractivity contribution is 5.95. The van der Waals surface area contributed by atoms with Crippen molar-refractivity contribution in [1.82, 2.24) is 10.2 Å². The number of piperidine rings is 1. The summed E-state index contributed by atoms with van der Waals surface area (Å²) in [7, 11) is 0. The highest BCUT2D eigenvalue weighted by atomic mass is 16.6. The van der Waals surface area contributed by atoms with Crippen molar-refractivity contribution in [2.45, 2.75) is 38.3 Å². The van der Waals surface area contributed by atoms with Crippen LogP contribution >= 0.6 is 0 Å². The summed E-state index contributed by atoms with van der Waals surface area (Å²) in [6.45, 7) is 3.52. The van der Waals surface area contributed by atoms with Crippen LogP contribution in [-0.4, -0.2) is 41.4 Å². The average molecular weight is 409 g/mol. The number of rotatable bonds is 8. The maximum absolute atomic E-state index is 12.6. The van der Waals surface area contributed by atoms with Gasteiger partial charge in [0.2, 0.25) is 0 Å². The number of hydrogen-bond acceptors (Lipinski definition) is 5. The fourth-order valence-corrected chi connectivity index (χ4v) is 4.04. The van der Waals surface area contributed by atoms with Gasteiger partial charge in [0.1, 0.15) is 5.69 Å². The van der Waals surface area contributed by atoms with E-state index in [1.165, 1.54) is 11.6 Å². The van der Waals surface area contributed by atoms with Gasteiger partial charge in [-0.05, 0) is 55.8 Å². The average Bonchev–Trinajstić information content (AvgIpc) is 3.57. The van der Waals surface area contributed by atoms with Crippen molar-refractivity contribution in [1.29, 1.82) is 0 Å². The van der Waals surface area contributed by atoms with Crippen LogP contribution in [0.25, 0.3) is 0 Å². The summed E-state index contributed by atoms with van der Waals surface area (Å²) in [6, 6.07) is 15.4. The van der Waals surface area contributed by atoms with Crippen LogP contribution in [0.5, 0.6) is 0 Å². The van der Waals surface area contributed by atoms with Gasteiger partial charge >= 0.3 is 0 Å². The summed E-state index contributed by atoms with van der Waals surface area (Å²) < 4.78 is 0. The van der Waals surface area contributed by atoms with Crippen molar-refractivity contribution in [3.63, 3.8) is 0 Å². The molecule has 2 aromatic carbocycles. The smallest absolute Gasteiger partial charge is 0.293 e. The lowest BCUT2D eigenvalue weighted by atomic mass is 9.97. The molecule has 30 heavy (non-hydrogen) atoms. The Morgan fingerprint density at radius 1 is 1.13 bits per heavy atom. The Bertz CT molecular complexity index is 899. The minimum absolute atomic E-state index is 0.0405. The second kappa shape index (κ2) is 9.26. The molecule has 0 bridgehead atoms. The summed E-state index contributed by atoms with van der Waals surface area (Å²) in [6.07, 6.45) is 4.25. The molecule has 2 aliphatic rings. The van der Waals surface area contributed by atoms with Gasteiger partial charge in [-0.25, -0.2) is 0 Å². The molecule has 7 heteroatoms. The Labute approximate surface area is 176 Å². The zero-order valence-corrected chi connectivity index (χ0v) is 17.0. The highest BCUT2D eigenvalue weighted by Gasteiger charge is 2.26. The number of likely N-dealkylation sites (tertiary alicyclic amines) is 1. The van der Waals surface area contributed by atoms with E-state index in [1.54, 1.807) is 12.1 Å². The molecule has 1 aliphatic carbocycles. The number of nitrogens with one attached hydrogen (secondary N) is 2. The van der Waals surface area contributed by atoms with Crippen molar-refractivity contribution in [3.8, 4) is 0 Å². The zero-order valence-electron chi connectivity index (χ0n) is 17.0. The third kappa shape index (κ3) is 5.36. The predicted molar refractivity (Wildman–Crippen MR) is 117 cm³/mol. The lowest BCUT2D eigenvalue weighted by Crippen LogP contribution is -2.40. The van der Waals surface area contributed by atoms with E-state index in [2.05, 4.69) is 39.8 Å². The maximum atomic E-state index is 12.6. The van der Waals surface area contributed by atoms with Crippen LogP contribution in [0.4, 0.5) is 11.4 Å². The Balaban J connectivity index is 1.32. The molecule has 1 heterocycles. The Morgan fingerprint density at radius 3 is 2.67 bits per heavy atom. The highest BCUT2D eigenvalue weighted by Crippen LogP contribution is 2.31. The molecule has 0 radical (unpaired) electrons. The van der Waals surface area contributed by atoms with E-state index in [-0.39, 0.29) is 11.6 Å². The van der Waals surface area contributed by atoms with E-state index in [1.807, 2.05) is 6.07 Å². The van der Waals surface area contributed by atoms with Crippen molar-refractivity contribution < 1.29 is 9.72 Å². The molecule has 1 saturated heterocycles. The summed E-state index contributed by atoms with van der Waals surface area (Å²) >= 11 is 0. The molecule has 2 N–H and O–H groups in total. The quantitative estimate of drug-likeness (QED) is 0.512. The van der Waals surface area contributed by atoms with E-state index in [9.17, 15) is 14.9 Å². The lowest BCUT2D eigenvalue weighted by Gasteiger charge is -2.32. The first kappa shape index (κ1) is 20.3. The molecule has 0 aromatic heterocycles. The number of nitro benzene ring substituents is 1. The first-order chi connectivity index (χ1) is 14.6. The molecule has 1 amide bonds. The van der Waals surface area contributed by atoms with Gasteiger partial charge in [-0.15, -0.1) is 0 Å². The Hall–Kier alpha value is -2.93. The Morgan fingerprint density at radius 2 is 1.93 bits per heavy atom. The number of nitro groups is 1. The number of benzene rings is 2. The number of amides is 1.